The van der Waals surface area contributed by atoms with Gasteiger partial charge < -0.3 is 12.4 Å². The fourth-order valence-corrected chi connectivity index (χ4v) is 2.47. The van der Waals surface area contributed by atoms with Crippen molar-refractivity contribution in [2.45, 2.75) is 0 Å². The SMILES string of the molecule is S=C(Nc1ccccc1)N([N]=[Ga+])c1ccccc1.[Cl-]. The van der Waals surface area contributed by atoms with E-state index >= 15 is 0 Å². The molecule has 0 amide bonds. The van der Waals surface area contributed by atoms with Gasteiger partial charge in [-0.25, -0.2) is 0 Å². The van der Waals surface area contributed by atoms with Crippen molar-refractivity contribution in [3.05, 3.63) is 60.7 Å². The number of hydrogen-bond donors (Lipinski definition) is 1. The van der Waals surface area contributed by atoms with Crippen molar-refractivity contribution in [2.24, 2.45) is 3.76 Å². The Balaban J connectivity index is 0.00000180. The van der Waals surface area contributed by atoms with E-state index in [9.17, 15) is 0 Å². The van der Waals surface area contributed by atoms with E-state index in [-0.39, 0.29) is 12.4 Å². The number of hydrogen-bond acceptors (Lipinski definition) is 2. The predicted octanol–water partition coefficient (Wildman–Crippen LogP) is 0.161. The van der Waals surface area contributed by atoms with Gasteiger partial charge in [-0.15, -0.1) is 0 Å². The third kappa shape index (κ3) is 4.47. The summed E-state index contributed by atoms with van der Waals surface area (Å²) in [5.41, 5.74) is 1.91. The van der Waals surface area contributed by atoms with Crippen molar-refractivity contribution >= 4 is 47.1 Å². The average Bonchev–Trinajstić information content (AvgIpc) is 2.42. The van der Waals surface area contributed by atoms with E-state index in [0.29, 0.717) is 5.11 Å². The molecule has 3 nitrogen and oxygen atoms in total. The fraction of sp³-hybridized carbons (Fsp3) is 0. The van der Waals surface area contributed by atoms with E-state index in [1.54, 1.807) is 5.01 Å². The molecule has 0 bridgehead atoms. The summed E-state index contributed by atoms with van der Waals surface area (Å²) in [7, 11) is 0. The van der Waals surface area contributed by atoms with Gasteiger partial charge in [0.15, 0.2) is 0 Å². The second-order valence-electron chi connectivity index (χ2n) is 3.56. The van der Waals surface area contributed by atoms with Crippen LogP contribution in [0.25, 0.3) is 0 Å². The van der Waals surface area contributed by atoms with Gasteiger partial charge in [-0.3, -0.25) is 0 Å². The molecule has 0 unspecified atom stereocenters. The Morgan fingerprint density at radius 1 is 1.00 bits per heavy atom. The molecule has 6 heteroatoms. The van der Waals surface area contributed by atoms with Gasteiger partial charge >= 0.3 is 122 Å². The second kappa shape index (κ2) is 8.11. The summed E-state index contributed by atoms with van der Waals surface area (Å²) in [6.07, 6.45) is 0. The Morgan fingerprint density at radius 3 is 2.05 bits per heavy atom. The number of halogens is 1. The number of rotatable bonds is 3. The Labute approximate surface area is 134 Å². The minimum absolute atomic E-state index is 0. The van der Waals surface area contributed by atoms with E-state index in [1.807, 2.05) is 60.7 Å². The van der Waals surface area contributed by atoms with Crippen LogP contribution in [0.3, 0.4) is 0 Å². The smallest absolute Gasteiger partial charge is 1.00 e. The summed E-state index contributed by atoms with van der Waals surface area (Å²) in [6.45, 7) is 0. The fourth-order valence-electron chi connectivity index (χ4n) is 1.50. The number of anilines is 2. The third-order valence-corrected chi connectivity index (χ3v) is 3.09. The van der Waals surface area contributed by atoms with Crippen LogP contribution in [0.1, 0.15) is 0 Å². The summed E-state index contributed by atoms with van der Waals surface area (Å²) in [5.74, 6) is 0. The largest absolute Gasteiger partial charge is 1.00 e. The minimum Gasteiger partial charge on any atom is -1.00 e. The maximum absolute atomic E-state index is 5.37. The molecule has 0 aromatic heterocycles. The first-order valence-corrected chi connectivity index (χ1v) is 6.92. The molecule has 94 valence electrons. The number of thiocarbonyl (C=S) groups is 1. The van der Waals surface area contributed by atoms with Crippen molar-refractivity contribution in [2.75, 3.05) is 10.3 Å². The van der Waals surface area contributed by atoms with Crippen molar-refractivity contribution in [1.29, 1.82) is 0 Å². The van der Waals surface area contributed by atoms with Gasteiger partial charge in [-0.2, -0.15) is 0 Å². The zero-order chi connectivity index (χ0) is 12.8. The maximum Gasteiger partial charge on any atom is -1.00 e. The van der Waals surface area contributed by atoms with Crippen LogP contribution in [0, 0.1) is 0 Å². The normalized spacial score (nSPS) is 9.16. The molecule has 2 rings (SSSR count). The standard InChI is InChI=1S/C13H11N3S.ClH.Ga/c14-16(12-9-5-2-6-10-12)13(17)15-11-7-3-1-4-8-11;;/h1-10H,(H,15,17);1H;/q;;+1/p-1. The van der Waals surface area contributed by atoms with E-state index in [4.69, 9.17) is 12.2 Å². The first-order chi connectivity index (χ1) is 8.81. The second-order valence-corrected chi connectivity index (χ2v) is 4.43. The van der Waals surface area contributed by atoms with E-state index in [0.717, 1.165) is 11.4 Å². The molecule has 1 N–H and O–H groups in total. The van der Waals surface area contributed by atoms with Crippen LogP contribution in [0.2, 0.25) is 0 Å². The van der Waals surface area contributed by atoms with Gasteiger partial charge in [0.05, 0.1) is 0 Å². The average molecular weight is 346 g/mol. The topological polar surface area (TPSA) is 27.6 Å². The summed E-state index contributed by atoms with van der Waals surface area (Å²) >= 11 is 6.63. The van der Waals surface area contributed by atoms with Gasteiger partial charge in [-0.1, -0.05) is 0 Å². The zero-order valence-electron chi connectivity index (χ0n) is 10.0. The molecule has 2 aromatic rings. The van der Waals surface area contributed by atoms with Gasteiger partial charge in [-0.05, 0) is 0 Å². The number of nitrogens with one attached hydrogen (secondary N) is 1. The van der Waals surface area contributed by atoms with Crippen molar-refractivity contribution in [3.63, 3.8) is 0 Å². The first-order valence-electron chi connectivity index (χ1n) is 5.43. The molecular formula is C13H11ClGaN3S. The molecule has 0 radical (unpaired) electrons. The van der Waals surface area contributed by atoms with E-state index in [2.05, 4.69) is 9.07 Å². The Morgan fingerprint density at radius 2 is 1.53 bits per heavy atom. The summed E-state index contributed by atoms with van der Waals surface area (Å²) in [5, 5.41) is 5.46. The quantitative estimate of drug-likeness (QED) is 0.488. The van der Waals surface area contributed by atoms with Crippen LogP contribution in [0.4, 0.5) is 11.4 Å². The Bertz CT molecular complexity index is 536. The molecule has 0 aliphatic rings. The summed E-state index contributed by atoms with van der Waals surface area (Å²) in [6, 6.07) is 19.7. The first kappa shape index (κ1) is 15.9. The molecule has 19 heavy (non-hydrogen) atoms. The molecule has 0 atom stereocenters. The third-order valence-electron chi connectivity index (χ3n) is 2.33. The summed E-state index contributed by atoms with van der Waals surface area (Å²) in [4.78, 5) is 0. The van der Waals surface area contributed by atoms with Gasteiger partial charge in [0.1, 0.15) is 0 Å². The number of benzene rings is 2. The monoisotopic (exact) mass is 345 g/mol. The van der Waals surface area contributed by atoms with Crippen LogP contribution in [0.15, 0.2) is 64.4 Å². The zero-order valence-corrected chi connectivity index (χ0v) is 14.0. The van der Waals surface area contributed by atoms with Crippen LogP contribution < -0.4 is 22.7 Å². The van der Waals surface area contributed by atoms with E-state index < -0.39 is 0 Å². The molecule has 0 fully saturated rings. The number of nitrogens with zero attached hydrogens (tertiary/aromatic N) is 2. The molecule has 0 saturated heterocycles. The molecule has 0 spiro atoms. The molecule has 0 aliphatic carbocycles. The Hall–Kier alpha value is -1.14. The Kier molecular flexibility index (Phi) is 6.79. The molecule has 2 aromatic carbocycles. The minimum atomic E-state index is 0. The van der Waals surface area contributed by atoms with Crippen molar-refractivity contribution in [3.8, 4) is 0 Å². The van der Waals surface area contributed by atoms with E-state index in [1.165, 1.54) is 18.4 Å². The predicted molar refractivity (Wildman–Crippen MR) is 79.8 cm³/mol. The number of para-hydroxylation sites is 2. The van der Waals surface area contributed by atoms with Gasteiger partial charge in [0.2, 0.25) is 0 Å². The molecular weight excluding hydrogens is 335 g/mol. The molecule has 0 aliphatic heterocycles. The molecule has 0 heterocycles. The van der Waals surface area contributed by atoms with Crippen LogP contribution in [-0.4, -0.2) is 23.5 Å². The van der Waals surface area contributed by atoms with Crippen LogP contribution in [0.5, 0.6) is 0 Å². The van der Waals surface area contributed by atoms with Crippen molar-refractivity contribution in [1.82, 2.24) is 0 Å². The van der Waals surface area contributed by atoms with Crippen molar-refractivity contribution < 1.29 is 12.4 Å². The summed E-state index contributed by atoms with van der Waals surface area (Å²) < 4.78 is 4.25. The van der Waals surface area contributed by atoms with Crippen LogP contribution in [-0.2, 0) is 0 Å². The maximum atomic E-state index is 5.37. The van der Waals surface area contributed by atoms with Gasteiger partial charge in [0.25, 0.3) is 0 Å². The van der Waals surface area contributed by atoms with Crippen LogP contribution >= 0.6 is 12.2 Å². The van der Waals surface area contributed by atoms with Gasteiger partial charge in [0, 0.05) is 0 Å². The molecule has 0 saturated carbocycles.